The van der Waals surface area contributed by atoms with E-state index in [4.69, 9.17) is 5.48 Å². The quantitative estimate of drug-likeness (QED) is 0.602. The highest BCUT2D eigenvalue weighted by Gasteiger charge is 2.27. The Hall–Kier alpha value is -2.03. The third-order valence-corrected chi connectivity index (χ3v) is 3.95. The van der Waals surface area contributed by atoms with Crippen LogP contribution in [0.1, 0.15) is 30.7 Å². The van der Waals surface area contributed by atoms with Gasteiger partial charge in [-0.15, -0.1) is 0 Å². The summed E-state index contributed by atoms with van der Waals surface area (Å²) in [6.07, 6.45) is 3.90. The summed E-state index contributed by atoms with van der Waals surface area (Å²) in [7, 11) is 1.93. The SMILES string of the molecule is [2H]C([2H])([2H])C([2H])(C)c1cc[n+](C)c(N2C=c3ccccc3=CB2C)c1. The molecule has 0 amide bonds. The Morgan fingerprint density at radius 2 is 2.05 bits per heavy atom. The Bertz CT molecular complexity index is 921. The molecule has 0 spiro atoms. The lowest BCUT2D eigenvalue weighted by Gasteiger charge is -2.21. The lowest BCUT2D eigenvalue weighted by atomic mass is 9.61. The summed E-state index contributed by atoms with van der Waals surface area (Å²) < 4.78 is 33.4. The van der Waals surface area contributed by atoms with E-state index in [0.717, 1.165) is 11.0 Å². The molecule has 0 radical (unpaired) electrons. The average molecular weight is 281 g/mol. The first kappa shape index (κ1) is 9.83. The number of pyridine rings is 1. The molecule has 21 heavy (non-hydrogen) atoms. The molecule has 0 saturated heterocycles. The number of hydrogen-bond donors (Lipinski definition) is 0. The molecule has 0 N–H and O–H groups in total. The minimum absolute atomic E-state index is 0.126. The zero-order chi connectivity index (χ0) is 18.4. The lowest BCUT2D eigenvalue weighted by Crippen LogP contribution is -2.48. The fourth-order valence-corrected chi connectivity index (χ4v) is 2.71. The Balaban J connectivity index is 2.13. The van der Waals surface area contributed by atoms with Gasteiger partial charge in [0.15, 0.2) is 0 Å². The summed E-state index contributed by atoms with van der Waals surface area (Å²) in [6.45, 7) is 1.29. The molecular formula is C18H22BN2+. The van der Waals surface area contributed by atoms with Gasteiger partial charge in [0, 0.05) is 16.8 Å². The predicted octanol–water partition coefficient (Wildman–Crippen LogP) is 1.83. The van der Waals surface area contributed by atoms with Crippen molar-refractivity contribution in [2.24, 2.45) is 7.05 Å². The van der Waals surface area contributed by atoms with Crippen LogP contribution in [0, 0.1) is 0 Å². The Labute approximate surface area is 132 Å². The first-order chi connectivity index (χ1) is 11.6. The van der Waals surface area contributed by atoms with Crippen molar-refractivity contribution in [3.63, 3.8) is 0 Å². The van der Waals surface area contributed by atoms with Crippen LogP contribution in [0.25, 0.3) is 12.2 Å². The van der Waals surface area contributed by atoms with Crippen LogP contribution in [-0.2, 0) is 7.05 Å². The third-order valence-electron chi connectivity index (χ3n) is 3.95. The molecule has 2 nitrogen and oxygen atoms in total. The minimum Gasteiger partial charge on any atom is -0.293 e. The molecule has 0 aliphatic carbocycles. The van der Waals surface area contributed by atoms with Gasteiger partial charge in [-0.25, -0.2) is 4.57 Å². The molecule has 1 aliphatic rings. The van der Waals surface area contributed by atoms with Crippen molar-refractivity contribution >= 4 is 24.8 Å². The van der Waals surface area contributed by atoms with Gasteiger partial charge in [-0.2, -0.15) is 0 Å². The van der Waals surface area contributed by atoms with Crippen molar-refractivity contribution in [2.45, 2.75) is 26.5 Å². The van der Waals surface area contributed by atoms with E-state index >= 15 is 0 Å². The fraction of sp³-hybridized carbons (Fsp3) is 0.278. The molecule has 1 aliphatic heterocycles. The van der Waals surface area contributed by atoms with Crippen molar-refractivity contribution in [2.75, 3.05) is 4.81 Å². The maximum atomic E-state index is 8.36. The molecule has 106 valence electrons. The number of aryl methyl sites for hydroxylation is 1. The molecule has 2 aromatic rings. The number of hydrogen-bond acceptors (Lipinski definition) is 1. The van der Waals surface area contributed by atoms with Gasteiger partial charge in [-0.1, -0.05) is 44.0 Å². The molecule has 1 unspecified atom stereocenters. The van der Waals surface area contributed by atoms with Crippen molar-refractivity contribution in [3.8, 4) is 0 Å². The highest BCUT2D eigenvalue weighted by molar-refractivity contribution is 6.76. The van der Waals surface area contributed by atoms with Crippen LogP contribution in [0.5, 0.6) is 0 Å². The van der Waals surface area contributed by atoms with Gasteiger partial charge in [-0.05, 0) is 29.6 Å². The first-order valence-electron chi connectivity index (χ1n) is 9.18. The van der Waals surface area contributed by atoms with Gasteiger partial charge >= 0.3 is 6.85 Å². The van der Waals surface area contributed by atoms with Gasteiger partial charge in [0.2, 0.25) is 0 Å². The van der Waals surface area contributed by atoms with Crippen LogP contribution in [0.3, 0.4) is 0 Å². The summed E-state index contributed by atoms with van der Waals surface area (Å²) >= 11 is 0. The molecule has 1 atom stereocenters. The van der Waals surface area contributed by atoms with E-state index in [9.17, 15) is 0 Å². The van der Waals surface area contributed by atoms with E-state index < -0.39 is 12.7 Å². The standard InChI is InChI=1S/C18H22BN2/c1-14(2)15-9-10-20(4)18(11-15)21-13-17-8-6-5-7-16(17)12-19(21)3/h5-14H,1-4H3/q+1/i1D3,14D. The monoisotopic (exact) mass is 281 g/mol. The summed E-state index contributed by atoms with van der Waals surface area (Å²) in [4.78, 5) is 2.11. The maximum absolute atomic E-state index is 8.36. The number of nitrogens with zero attached hydrogens (tertiary/aromatic N) is 2. The largest absolute Gasteiger partial charge is 0.402 e. The molecule has 2 heterocycles. The van der Waals surface area contributed by atoms with Gasteiger partial charge in [0.1, 0.15) is 0 Å². The third kappa shape index (κ3) is 2.60. The van der Waals surface area contributed by atoms with E-state index in [1.807, 2.05) is 36.0 Å². The predicted molar refractivity (Wildman–Crippen MR) is 90.4 cm³/mol. The number of benzene rings is 1. The molecular weight excluding hydrogens is 255 g/mol. The second-order valence-corrected chi connectivity index (χ2v) is 5.58. The van der Waals surface area contributed by atoms with Crippen LogP contribution >= 0.6 is 0 Å². The van der Waals surface area contributed by atoms with E-state index in [-0.39, 0.29) is 6.85 Å². The Morgan fingerprint density at radius 3 is 2.81 bits per heavy atom. The summed E-state index contributed by atoms with van der Waals surface area (Å²) in [5.74, 6) is 1.39. The summed E-state index contributed by atoms with van der Waals surface area (Å²) in [5, 5.41) is 2.31. The van der Waals surface area contributed by atoms with E-state index in [0.29, 0.717) is 5.56 Å². The lowest BCUT2D eigenvalue weighted by molar-refractivity contribution is -0.658. The van der Waals surface area contributed by atoms with Crippen molar-refractivity contribution < 1.29 is 10.1 Å². The van der Waals surface area contributed by atoms with Gasteiger partial charge in [0.25, 0.3) is 5.82 Å². The van der Waals surface area contributed by atoms with Gasteiger partial charge < -0.3 is 0 Å². The van der Waals surface area contributed by atoms with Crippen LogP contribution in [0.15, 0.2) is 42.6 Å². The van der Waals surface area contributed by atoms with Crippen molar-refractivity contribution in [1.82, 2.24) is 0 Å². The number of fused-ring (bicyclic) bond motifs is 1. The molecule has 1 aromatic carbocycles. The average Bonchev–Trinajstić information content (AvgIpc) is 2.53. The van der Waals surface area contributed by atoms with Crippen molar-refractivity contribution in [3.05, 3.63) is 58.6 Å². The Morgan fingerprint density at radius 1 is 1.29 bits per heavy atom. The fourth-order valence-electron chi connectivity index (χ4n) is 2.71. The maximum Gasteiger partial charge on any atom is 0.402 e. The van der Waals surface area contributed by atoms with E-state index in [2.05, 4.69) is 35.9 Å². The topological polar surface area (TPSA) is 7.12 Å². The molecule has 0 saturated carbocycles. The van der Waals surface area contributed by atoms with Gasteiger partial charge in [0.05, 0.1) is 19.4 Å². The zero-order valence-electron chi connectivity index (χ0n) is 16.7. The second-order valence-electron chi connectivity index (χ2n) is 5.58. The molecule has 3 heteroatoms. The van der Waals surface area contributed by atoms with Crippen LogP contribution in [0.4, 0.5) is 5.82 Å². The highest BCUT2D eigenvalue weighted by Crippen LogP contribution is 2.19. The zero-order valence-corrected chi connectivity index (χ0v) is 12.7. The first-order valence-corrected chi connectivity index (χ1v) is 7.18. The summed E-state index contributed by atoms with van der Waals surface area (Å²) in [5.41, 5.74) is 0.486. The molecule has 3 rings (SSSR count). The minimum atomic E-state index is -2.39. The van der Waals surface area contributed by atoms with Gasteiger partial charge in [-0.3, -0.25) is 4.81 Å². The normalized spacial score (nSPS) is 20.0. The summed E-state index contributed by atoms with van der Waals surface area (Å²) in [6, 6.07) is 11.7. The van der Waals surface area contributed by atoms with E-state index in [1.165, 1.54) is 12.1 Å². The Kier molecular flexibility index (Phi) is 2.53. The number of rotatable bonds is 2. The molecule has 1 aromatic heterocycles. The molecule has 0 fully saturated rings. The van der Waals surface area contributed by atoms with Crippen LogP contribution in [0.2, 0.25) is 6.82 Å². The molecule has 0 bridgehead atoms. The van der Waals surface area contributed by atoms with Crippen molar-refractivity contribution in [1.29, 1.82) is 0 Å². The second kappa shape index (κ2) is 5.40. The number of aromatic nitrogens is 1. The van der Waals surface area contributed by atoms with E-state index in [1.54, 1.807) is 6.07 Å². The number of anilines is 1. The van der Waals surface area contributed by atoms with Crippen LogP contribution < -0.4 is 19.8 Å². The van der Waals surface area contributed by atoms with Crippen LogP contribution in [-0.4, -0.2) is 6.85 Å². The smallest absolute Gasteiger partial charge is 0.293 e. The highest BCUT2D eigenvalue weighted by atomic mass is 15.2.